The first-order valence-corrected chi connectivity index (χ1v) is 9.68. The lowest BCUT2D eigenvalue weighted by atomic mass is 9.93. The molecule has 1 nitrogen and oxygen atoms in total. The van der Waals surface area contributed by atoms with Gasteiger partial charge in [-0.3, -0.25) is 4.98 Å². The molecule has 2 aromatic carbocycles. The van der Waals surface area contributed by atoms with Gasteiger partial charge in [0.15, 0.2) is 0 Å². The highest BCUT2D eigenvalue weighted by atomic mass is 14.7. The van der Waals surface area contributed by atoms with Gasteiger partial charge in [0, 0.05) is 17.1 Å². The molecule has 0 unspecified atom stereocenters. The van der Waals surface area contributed by atoms with Gasteiger partial charge in [-0.05, 0) is 59.7 Å². The fourth-order valence-corrected chi connectivity index (χ4v) is 4.25. The Morgan fingerprint density at radius 2 is 1.84 bits per heavy atom. The van der Waals surface area contributed by atoms with E-state index < -0.39 is 0 Å². The van der Waals surface area contributed by atoms with E-state index in [4.69, 9.17) is 4.98 Å². The Hall–Kier alpha value is -2.15. The van der Waals surface area contributed by atoms with E-state index in [0.29, 0.717) is 5.92 Å². The van der Waals surface area contributed by atoms with Crippen molar-refractivity contribution in [3.8, 4) is 11.3 Å². The maximum absolute atomic E-state index is 4.74. The smallest absolute Gasteiger partial charge is 0.0780 e. The third-order valence-corrected chi connectivity index (χ3v) is 5.46. The number of fused-ring (bicyclic) bond motifs is 1. The zero-order valence-electron chi connectivity index (χ0n) is 15.3. The predicted molar refractivity (Wildman–Crippen MR) is 107 cm³/mol. The summed E-state index contributed by atoms with van der Waals surface area (Å²) in [5, 5.41) is 2.56. The summed E-state index contributed by atoms with van der Waals surface area (Å²) in [5.41, 5.74) is 5.28. The maximum Gasteiger partial charge on any atom is 0.0780 e. The first kappa shape index (κ1) is 16.3. The van der Waals surface area contributed by atoms with Crippen molar-refractivity contribution in [1.29, 1.82) is 0 Å². The third-order valence-electron chi connectivity index (χ3n) is 5.46. The Balaban J connectivity index is 1.75. The molecule has 0 radical (unpaired) electrons. The molecular formula is C24H27N. The molecule has 128 valence electrons. The van der Waals surface area contributed by atoms with Crippen molar-refractivity contribution in [2.45, 2.75) is 51.9 Å². The van der Waals surface area contributed by atoms with Crippen molar-refractivity contribution in [1.82, 2.24) is 4.98 Å². The van der Waals surface area contributed by atoms with Crippen molar-refractivity contribution in [3.63, 3.8) is 0 Å². The maximum atomic E-state index is 4.74. The van der Waals surface area contributed by atoms with E-state index in [-0.39, 0.29) is 0 Å². The molecule has 1 aromatic heterocycles. The number of rotatable bonds is 4. The lowest BCUT2D eigenvalue weighted by Crippen LogP contribution is -1.95. The summed E-state index contributed by atoms with van der Waals surface area (Å²) in [7, 11) is 0. The molecule has 0 N–H and O–H groups in total. The van der Waals surface area contributed by atoms with Gasteiger partial charge < -0.3 is 0 Å². The number of hydrogen-bond acceptors (Lipinski definition) is 1. The molecule has 4 rings (SSSR count). The van der Waals surface area contributed by atoms with Gasteiger partial charge in [0.1, 0.15) is 0 Å². The van der Waals surface area contributed by atoms with Crippen LogP contribution in [-0.4, -0.2) is 4.98 Å². The number of hydrogen-bond donors (Lipinski definition) is 0. The van der Waals surface area contributed by atoms with Crippen LogP contribution in [0, 0.1) is 5.92 Å². The quantitative estimate of drug-likeness (QED) is 0.515. The van der Waals surface area contributed by atoms with E-state index in [9.17, 15) is 0 Å². The van der Waals surface area contributed by atoms with Crippen molar-refractivity contribution >= 4 is 10.8 Å². The van der Waals surface area contributed by atoms with Crippen molar-refractivity contribution < 1.29 is 0 Å². The summed E-state index contributed by atoms with van der Waals surface area (Å²) in [6, 6.07) is 18.1. The topological polar surface area (TPSA) is 12.9 Å². The van der Waals surface area contributed by atoms with E-state index in [1.807, 2.05) is 6.20 Å². The van der Waals surface area contributed by atoms with Crippen LogP contribution in [-0.2, 0) is 6.42 Å². The second-order valence-corrected chi connectivity index (χ2v) is 7.92. The van der Waals surface area contributed by atoms with Gasteiger partial charge in [-0.15, -0.1) is 0 Å². The van der Waals surface area contributed by atoms with Crippen molar-refractivity contribution in [2.24, 2.45) is 5.92 Å². The highest BCUT2D eigenvalue weighted by Gasteiger charge is 2.17. The standard InChI is InChI=1S/C24H27N/c1-17(2)14-18-10-11-23-21(15-18)12-13-25-24(23)22-9-5-8-20(16-22)19-6-3-4-7-19/h5,8-13,15-17,19H,3-4,6-7,14H2,1-2H3. The molecule has 1 heteroatoms. The number of aromatic nitrogens is 1. The molecule has 0 saturated heterocycles. The minimum absolute atomic E-state index is 0.682. The molecule has 1 aliphatic rings. The lowest BCUT2D eigenvalue weighted by Gasteiger charge is -2.13. The highest BCUT2D eigenvalue weighted by Crippen LogP contribution is 2.36. The Bertz CT molecular complexity index is 872. The van der Waals surface area contributed by atoms with Crippen LogP contribution in [0.1, 0.15) is 56.6 Å². The van der Waals surface area contributed by atoms with E-state index in [1.165, 1.54) is 53.1 Å². The second kappa shape index (κ2) is 7.00. The van der Waals surface area contributed by atoms with Gasteiger partial charge in [0.05, 0.1) is 5.69 Å². The monoisotopic (exact) mass is 329 g/mol. The van der Waals surface area contributed by atoms with Crippen LogP contribution in [0.4, 0.5) is 0 Å². The number of benzene rings is 2. The Morgan fingerprint density at radius 1 is 1.00 bits per heavy atom. The average molecular weight is 329 g/mol. The largest absolute Gasteiger partial charge is 0.256 e. The Kier molecular flexibility index (Phi) is 4.57. The zero-order valence-corrected chi connectivity index (χ0v) is 15.3. The van der Waals surface area contributed by atoms with Gasteiger partial charge in [-0.1, -0.05) is 63.1 Å². The van der Waals surface area contributed by atoms with Gasteiger partial charge in [0.25, 0.3) is 0 Å². The lowest BCUT2D eigenvalue weighted by molar-refractivity contribution is 0.648. The second-order valence-electron chi connectivity index (χ2n) is 7.92. The molecule has 25 heavy (non-hydrogen) atoms. The first-order valence-electron chi connectivity index (χ1n) is 9.68. The van der Waals surface area contributed by atoms with Gasteiger partial charge in [-0.25, -0.2) is 0 Å². The molecule has 0 bridgehead atoms. The molecule has 3 aromatic rings. The summed E-state index contributed by atoms with van der Waals surface area (Å²) < 4.78 is 0. The molecule has 0 amide bonds. The molecule has 1 aliphatic carbocycles. The molecule has 1 saturated carbocycles. The predicted octanol–water partition coefficient (Wildman–Crippen LogP) is 6.76. The van der Waals surface area contributed by atoms with Crippen molar-refractivity contribution in [2.75, 3.05) is 0 Å². The fourth-order valence-electron chi connectivity index (χ4n) is 4.25. The van der Waals surface area contributed by atoms with Crippen LogP contribution >= 0.6 is 0 Å². The van der Waals surface area contributed by atoms with Crippen LogP contribution in [0.15, 0.2) is 54.7 Å². The van der Waals surface area contributed by atoms with Gasteiger partial charge >= 0.3 is 0 Å². The van der Waals surface area contributed by atoms with Gasteiger partial charge in [0.2, 0.25) is 0 Å². The van der Waals surface area contributed by atoms with Crippen LogP contribution in [0.25, 0.3) is 22.0 Å². The fraction of sp³-hybridized carbons (Fsp3) is 0.375. The number of pyridine rings is 1. The summed E-state index contributed by atoms with van der Waals surface area (Å²) in [6.45, 7) is 4.55. The normalized spacial score (nSPS) is 15.3. The Morgan fingerprint density at radius 3 is 2.64 bits per heavy atom. The molecule has 1 fully saturated rings. The first-order chi connectivity index (χ1) is 12.2. The molecule has 1 heterocycles. The average Bonchev–Trinajstić information content (AvgIpc) is 3.15. The summed E-state index contributed by atoms with van der Waals surface area (Å²) in [5.74, 6) is 1.43. The molecule has 0 atom stereocenters. The van der Waals surface area contributed by atoms with Crippen LogP contribution in [0.3, 0.4) is 0 Å². The van der Waals surface area contributed by atoms with E-state index in [1.54, 1.807) is 0 Å². The van der Waals surface area contributed by atoms with E-state index in [0.717, 1.165) is 18.0 Å². The Labute approximate surface area is 151 Å². The van der Waals surface area contributed by atoms with Gasteiger partial charge in [-0.2, -0.15) is 0 Å². The summed E-state index contributed by atoms with van der Waals surface area (Å²) >= 11 is 0. The minimum Gasteiger partial charge on any atom is -0.256 e. The third kappa shape index (κ3) is 3.46. The van der Waals surface area contributed by atoms with Crippen molar-refractivity contribution in [3.05, 3.63) is 65.9 Å². The summed E-state index contributed by atoms with van der Waals surface area (Å²) in [4.78, 5) is 4.74. The number of nitrogens with zero attached hydrogens (tertiary/aromatic N) is 1. The highest BCUT2D eigenvalue weighted by molar-refractivity contribution is 5.94. The molecule has 0 spiro atoms. The molecular weight excluding hydrogens is 302 g/mol. The SMILES string of the molecule is CC(C)Cc1ccc2c(-c3cccc(C4CCCC4)c3)nccc2c1. The molecule has 0 aliphatic heterocycles. The minimum atomic E-state index is 0.682. The summed E-state index contributed by atoms with van der Waals surface area (Å²) in [6.07, 6.45) is 8.51. The van der Waals surface area contributed by atoms with E-state index >= 15 is 0 Å². The van der Waals surface area contributed by atoms with Crippen LogP contribution in [0.5, 0.6) is 0 Å². The van der Waals surface area contributed by atoms with E-state index in [2.05, 4.69) is 62.4 Å². The van der Waals surface area contributed by atoms with Crippen LogP contribution < -0.4 is 0 Å². The van der Waals surface area contributed by atoms with Crippen LogP contribution in [0.2, 0.25) is 0 Å². The zero-order chi connectivity index (χ0) is 17.2.